The molecule has 0 bridgehead atoms. The second kappa shape index (κ2) is 6.27. The molecule has 3 nitrogen and oxygen atoms in total. The molecule has 1 aromatic carbocycles. The summed E-state index contributed by atoms with van der Waals surface area (Å²) in [6.45, 7) is 0.599. The second-order valence-corrected chi connectivity index (χ2v) is 3.17. The summed E-state index contributed by atoms with van der Waals surface area (Å²) in [6.07, 6.45) is 0.782. The van der Waals surface area contributed by atoms with Crippen LogP contribution in [0.2, 0.25) is 0 Å². The largest absolute Gasteiger partial charge is 0.338 e. The molecule has 0 aliphatic rings. The van der Waals surface area contributed by atoms with Gasteiger partial charge in [-0.3, -0.25) is 0 Å². The molecule has 0 unspecified atom stereocenters. The van der Waals surface area contributed by atoms with Crippen molar-refractivity contribution in [3.8, 4) is 0 Å². The highest BCUT2D eigenvalue weighted by molar-refractivity contribution is 6.17. The van der Waals surface area contributed by atoms with Crippen LogP contribution in [0, 0.1) is 0 Å². The molecule has 0 saturated carbocycles. The first-order valence-electron chi connectivity index (χ1n) is 4.49. The molecule has 1 aromatic rings. The zero-order chi connectivity index (χ0) is 10.2. The first-order chi connectivity index (χ1) is 6.83. The number of urea groups is 1. The maximum absolute atomic E-state index is 11.2. The van der Waals surface area contributed by atoms with Crippen molar-refractivity contribution in [2.45, 2.75) is 6.42 Å². The van der Waals surface area contributed by atoms with Crippen molar-refractivity contribution in [1.29, 1.82) is 0 Å². The topological polar surface area (TPSA) is 41.1 Å². The number of amides is 2. The van der Waals surface area contributed by atoms with Crippen LogP contribution in [0.5, 0.6) is 0 Å². The summed E-state index contributed by atoms with van der Waals surface area (Å²) in [5.41, 5.74) is 0.788. The zero-order valence-electron chi connectivity index (χ0n) is 7.79. The Morgan fingerprint density at radius 1 is 1.29 bits per heavy atom. The number of carbonyl (C=O) groups excluding carboxylic acids is 1. The average Bonchev–Trinajstić information content (AvgIpc) is 2.20. The molecule has 0 fully saturated rings. The van der Waals surface area contributed by atoms with Crippen molar-refractivity contribution >= 4 is 23.3 Å². The fourth-order valence-electron chi connectivity index (χ4n) is 0.966. The second-order valence-electron chi connectivity index (χ2n) is 2.79. The van der Waals surface area contributed by atoms with Gasteiger partial charge in [0.25, 0.3) is 0 Å². The molecule has 1 rings (SSSR count). The summed E-state index contributed by atoms with van der Waals surface area (Å²) in [4.78, 5) is 11.2. The molecular weight excluding hydrogens is 200 g/mol. The number of para-hydroxylation sites is 1. The summed E-state index contributed by atoms with van der Waals surface area (Å²) < 4.78 is 0. The van der Waals surface area contributed by atoms with E-state index >= 15 is 0 Å². The monoisotopic (exact) mass is 212 g/mol. The first-order valence-corrected chi connectivity index (χ1v) is 5.02. The number of anilines is 1. The Labute approximate surface area is 88.5 Å². The fraction of sp³-hybridized carbons (Fsp3) is 0.300. The highest BCUT2D eigenvalue weighted by Crippen LogP contribution is 2.03. The number of rotatable bonds is 4. The van der Waals surface area contributed by atoms with Crippen LogP contribution in [0.15, 0.2) is 30.3 Å². The third-order valence-corrected chi connectivity index (χ3v) is 1.89. The lowest BCUT2D eigenvalue weighted by Crippen LogP contribution is -2.29. The van der Waals surface area contributed by atoms with Gasteiger partial charge in [-0.2, -0.15) is 0 Å². The molecule has 0 heterocycles. The fourth-order valence-corrected chi connectivity index (χ4v) is 1.10. The van der Waals surface area contributed by atoms with Crippen LogP contribution in [0.3, 0.4) is 0 Å². The zero-order valence-corrected chi connectivity index (χ0v) is 8.55. The van der Waals surface area contributed by atoms with E-state index in [2.05, 4.69) is 10.6 Å². The van der Waals surface area contributed by atoms with Crippen LogP contribution in [0.25, 0.3) is 0 Å². The molecule has 0 spiro atoms. The van der Waals surface area contributed by atoms with Crippen molar-refractivity contribution in [1.82, 2.24) is 5.32 Å². The third kappa shape index (κ3) is 4.14. The molecule has 4 heteroatoms. The lowest BCUT2D eigenvalue weighted by Gasteiger charge is -2.05. The van der Waals surface area contributed by atoms with Crippen molar-refractivity contribution in [3.05, 3.63) is 30.3 Å². The van der Waals surface area contributed by atoms with Gasteiger partial charge < -0.3 is 10.6 Å². The quantitative estimate of drug-likeness (QED) is 0.584. The molecule has 0 atom stereocenters. The standard InChI is InChI=1S/C10H13ClN2O/c11-7-4-8-12-10(14)13-9-5-2-1-3-6-9/h1-3,5-6H,4,7-8H2,(H2,12,13,14). The van der Waals surface area contributed by atoms with Crippen LogP contribution >= 0.6 is 11.6 Å². The molecule has 14 heavy (non-hydrogen) atoms. The number of nitrogens with one attached hydrogen (secondary N) is 2. The van der Waals surface area contributed by atoms with Gasteiger partial charge in [0.05, 0.1) is 0 Å². The van der Waals surface area contributed by atoms with Gasteiger partial charge in [0.1, 0.15) is 0 Å². The lowest BCUT2D eigenvalue weighted by atomic mass is 10.3. The van der Waals surface area contributed by atoms with Gasteiger partial charge in [-0.1, -0.05) is 18.2 Å². The SMILES string of the molecule is O=C(NCCCCl)Nc1ccccc1. The normalized spacial score (nSPS) is 9.50. The number of hydrogen-bond donors (Lipinski definition) is 2. The van der Waals surface area contributed by atoms with Gasteiger partial charge in [0, 0.05) is 18.1 Å². The maximum atomic E-state index is 11.2. The summed E-state index contributed by atoms with van der Waals surface area (Å²) in [7, 11) is 0. The Kier molecular flexibility index (Phi) is 4.86. The minimum Gasteiger partial charge on any atom is -0.338 e. The Bertz CT molecular complexity index is 277. The van der Waals surface area contributed by atoms with Gasteiger partial charge in [0.15, 0.2) is 0 Å². The Morgan fingerprint density at radius 3 is 2.64 bits per heavy atom. The van der Waals surface area contributed by atoms with Crippen LogP contribution in [0.1, 0.15) is 6.42 Å². The van der Waals surface area contributed by atoms with Crippen LogP contribution in [-0.4, -0.2) is 18.5 Å². The predicted octanol–water partition coefficient (Wildman–Crippen LogP) is 2.44. The van der Waals surface area contributed by atoms with E-state index < -0.39 is 0 Å². The lowest BCUT2D eigenvalue weighted by molar-refractivity contribution is 0.252. The van der Waals surface area contributed by atoms with E-state index in [1.807, 2.05) is 30.3 Å². The van der Waals surface area contributed by atoms with Gasteiger partial charge in [-0.15, -0.1) is 11.6 Å². The molecule has 0 radical (unpaired) electrons. The first kappa shape index (κ1) is 10.9. The summed E-state index contributed by atoms with van der Waals surface area (Å²) in [6, 6.07) is 9.11. The molecular formula is C10H13ClN2O. The molecule has 0 saturated heterocycles. The summed E-state index contributed by atoms with van der Waals surface area (Å²) in [5.74, 6) is 0.561. The van der Waals surface area contributed by atoms with Crippen LogP contribution in [0.4, 0.5) is 10.5 Å². The minimum absolute atomic E-state index is 0.193. The molecule has 0 aliphatic carbocycles. The van der Waals surface area contributed by atoms with Gasteiger partial charge >= 0.3 is 6.03 Å². The highest BCUT2D eigenvalue weighted by atomic mass is 35.5. The number of benzene rings is 1. The van der Waals surface area contributed by atoms with Crippen molar-refractivity contribution in [2.75, 3.05) is 17.7 Å². The molecule has 0 aliphatic heterocycles. The summed E-state index contributed by atoms with van der Waals surface area (Å²) in [5, 5.41) is 5.41. The smallest absolute Gasteiger partial charge is 0.319 e. The van der Waals surface area contributed by atoms with E-state index in [4.69, 9.17) is 11.6 Å². The minimum atomic E-state index is -0.193. The summed E-state index contributed by atoms with van der Waals surface area (Å²) >= 11 is 5.47. The number of alkyl halides is 1. The van der Waals surface area contributed by atoms with E-state index in [-0.39, 0.29) is 6.03 Å². The van der Waals surface area contributed by atoms with Crippen molar-refractivity contribution in [3.63, 3.8) is 0 Å². The average molecular weight is 213 g/mol. The molecule has 76 valence electrons. The van der Waals surface area contributed by atoms with Crippen molar-refractivity contribution < 1.29 is 4.79 Å². The van der Waals surface area contributed by atoms with E-state index in [1.54, 1.807) is 0 Å². The van der Waals surface area contributed by atoms with E-state index in [9.17, 15) is 4.79 Å². The van der Waals surface area contributed by atoms with Crippen LogP contribution < -0.4 is 10.6 Å². The molecule has 2 N–H and O–H groups in total. The van der Waals surface area contributed by atoms with Gasteiger partial charge in [-0.05, 0) is 18.6 Å². The maximum Gasteiger partial charge on any atom is 0.319 e. The Morgan fingerprint density at radius 2 is 2.00 bits per heavy atom. The Balaban J connectivity index is 2.27. The predicted molar refractivity (Wildman–Crippen MR) is 58.8 cm³/mol. The highest BCUT2D eigenvalue weighted by Gasteiger charge is 1.98. The molecule has 0 aromatic heterocycles. The van der Waals surface area contributed by atoms with Gasteiger partial charge in [-0.25, -0.2) is 4.79 Å². The third-order valence-electron chi connectivity index (χ3n) is 1.63. The van der Waals surface area contributed by atoms with Gasteiger partial charge in [0.2, 0.25) is 0 Å². The molecule has 2 amide bonds. The number of carbonyl (C=O) groups is 1. The van der Waals surface area contributed by atoms with Crippen LogP contribution in [-0.2, 0) is 0 Å². The number of halogens is 1. The van der Waals surface area contributed by atoms with E-state index in [0.717, 1.165) is 12.1 Å². The van der Waals surface area contributed by atoms with E-state index in [0.29, 0.717) is 12.4 Å². The Hall–Kier alpha value is -1.22. The number of hydrogen-bond acceptors (Lipinski definition) is 1. The van der Waals surface area contributed by atoms with Crippen molar-refractivity contribution in [2.24, 2.45) is 0 Å². The van der Waals surface area contributed by atoms with E-state index in [1.165, 1.54) is 0 Å².